The van der Waals surface area contributed by atoms with Crippen molar-refractivity contribution in [2.45, 2.75) is 19.8 Å². The highest BCUT2D eigenvalue weighted by atomic mass is 79.9. The minimum Gasteiger partial charge on any atom is -0.359 e. The summed E-state index contributed by atoms with van der Waals surface area (Å²) in [6.45, 7) is 3.18. The fourth-order valence-electron chi connectivity index (χ4n) is 2.51. The lowest BCUT2D eigenvalue weighted by Crippen LogP contribution is -2.44. The van der Waals surface area contributed by atoms with Crippen molar-refractivity contribution in [1.29, 1.82) is 0 Å². The monoisotopic (exact) mass is 353 g/mol. The standard InChI is InChI=1S/C15H20BrN3O2/c1-10-9-12(16)3-4-13(10)18-15(21)19-7-5-11(6-8-19)14(20)17-2/h3-4,9,11H,5-8H2,1-2H3,(H,17,20)(H,18,21). The van der Waals surface area contributed by atoms with Gasteiger partial charge in [-0.1, -0.05) is 15.9 Å². The van der Waals surface area contributed by atoms with E-state index in [9.17, 15) is 9.59 Å². The Hall–Kier alpha value is -1.56. The maximum atomic E-state index is 12.3. The maximum Gasteiger partial charge on any atom is 0.321 e. The number of likely N-dealkylation sites (tertiary alicyclic amines) is 1. The predicted molar refractivity (Wildman–Crippen MR) is 86.3 cm³/mol. The zero-order valence-corrected chi connectivity index (χ0v) is 13.9. The number of carbonyl (C=O) groups is 2. The van der Waals surface area contributed by atoms with E-state index in [4.69, 9.17) is 0 Å². The molecule has 1 heterocycles. The molecule has 21 heavy (non-hydrogen) atoms. The van der Waals surface area contributed by atoms with Crippen LogP contribution in [0.1, 0.15) is 18.4 Å². The number of urea groups is 1. The average molecular weight is 354 g/mol. The third-order valence-electron chi connectivity index (χ3n) is 3.83. The molecule has 0 unspecified atom stereocenters. The molecular formula is C15H20BrN3O2. The summed E-state index contributed by atoms with van der Waals surface area (Å²) in [7, 11) is 1.65. The first-order valence-electron chi connectivity index (χ1n) is 7.05. The number of nitrogens with one attached hydrogen (secondary N) is 2. The summed E-state index contributed by atoms with van der Waals surface area (Å²) in [4.78, 5) is 25.6. The molecule has 0 saturated carbocycles. The summed E-state index contributed by atoms with van der Waals surface area (Å²) >= 11 is 3.41. The number of carbonyl (C=O) groups excluding carboxylic acids is 2. The Kier molecular flexibility index (Phi) is 5.22. The van der Waals surface area contributed by atoms with Crippen molar-refractivity contribution in [2.75, 3.05) is 25.5 Å². The third kappa shape index (κ3) is 3.97. The van der Waals surface area contributed by atoms with Gasteiger partial charge in [-0.05, 0) is 43.5 Å². The van der Waals surface area contributed by atoms with Crippen molar-refractivity contribution in [1.82, 2.24) is 10.2 Å². The molecule has 1 aromatic rings. The molecule has 2 rings (SSSR count). The van der Waals surface area contributed by atoms with Gasteiger partial charge >= 0.3 is 6.03 Å². The van der Waals surface area contributed by atoms with E-state index < -0.39 is 0 Å². The van der Waals surface area contributed by atoms with Gasteiger partial charge in [0.05, 0.1) is 0 Å². The van der Waals surface area contributed by atoms with Crippen molar-refractivity contribution in [3.8, 4) is 0 Å². The molecule has 114 valence electrons. The minimum atomic E-state index is -0.101. The second kappa shape index (κ2) is 6.93. The summed E-state index contributed by atoms with van der Waals surface area (Å²) in [6, 6.07) is 5.65. The summed E-state index contributed by atoms with van der Waals surface area (Å²) in [6.07, 6.45) is 1.43. The van der Waals surface area contributed by atoms with Gasteiger partial charge < -0.3 is 15.5 Å². The summed E-state index contributed by atoms with van der Waals surface area (Å²) in [5.74, 6) is 0.0901. The molecule has 2 N–H and O–H groups in total. The zero-order valence-electron chi connectivity index (χ0n) is 12.3. The molecule has 1 aliphatic rings. The molecule has 1 fully saturated rings. The summed E-state index contributed by atoms with van der Waals surface area (Å²) < 4.78 is 0.990. The Labute approximate surface area is 133 Å². The molecule has 0 atom stereocenters. The predicted octanol–water partition coefficient (Wildman–Crippen LogP) is 2.75. The van der Waals surface area contributed by atoms with E-state index in [-0.39, 0.29) is 17.9 Å². The normalized spacial score (nSPS) is 15.7. The molecule has 0 spiro atoms. The van der Waals surface area contributed by atoms with Gasteiger partial charge in [-0.3, -0.25) is 4.79 Å². The van der Waals surface area contributed by atoms with Crippen molar-refractivity contribution in [3.05, 3.63) is 28.2 Å². The number of benzene rings is 1. The van der Waals surface area contributed by atoms with Gasteiger partial charge in [-0.2, -0.15) is 0 Å². The first-order chi connectivity index (χ1) is 10.0. The van der Waals surface area contributed by atoms with Gasteiger partial charge in [0.2, 0.25) is 5.91 Å². The molecule has 5 nitrogen and oxygen atoms in total. The minimum absolute atomic E-state index is 0.0217. The first-order valence-corrected chi connectivity index (χ1v) is 7.84. The van der Waals surface area contributed by atoms with Gasteiger partial charge in [0.25, 0.3) is 0 Å². The lowest BCUT2D eigenvalue weighted by molar-refractivity contribution is -0.125. The fraction of sp³-hybridized carbons (Fsp3) is 0.467. The van der Waals surface area contributed by atoms with Crippen LogP contribution in [0.25, 0.3) is 0 Å². The fourth-order valence-corrected chi connectivity index (χ4v) is 2.99. The quantitative estimate of drug-likeness (QED) is 0.858. The Bertz CT molecular complexity index is 540. The molecule has 3 amide bonds. The van der Waals surface area contributed by atoms with Crippen molar-refractivity contribution in [2.24, 2.45) is 5.92 Å². The van der Waals surface area contributed by atoms with Crippen LogP contribution in [0.5, 0.6) is 0 Å². The second-order valence-electron chi connectivity index (χ2n) is 5.26. The van der Waals surface area contributed by atoms with Crippen molar-refractivity contribution < 1.29 is 9.59 Å². The third-order valence-corrected chi connectivity index (χ3v) is 4.32. The smallest absolute Gasteiger partial charge is 0.321 e. The number of piperidine rings is 1. The number of rotatable bonds is 2. The summed E-state index contributed by atoms with van der Waals surface area (Å²) in [5, 5.41) is 5.60. The first kappa shape index (κ1) is 15.8. The lowest BCUT2D eigenvalue weighted by Gasteiger charge is -2.31. The van der Waals surface area contributed by atoms with Gasteiger partial charge in [0.1, 0.15) is 0 Å². The number of amides is 3. The zero-order chi connectivity index (χ0) is 15.4. The van der Waals surface area contributed by atoms with E-state index in [1.54, 1.807) is 11.9 Å². The van der Waals surface area contributed by atoms with Crippen molar-refractivity contribution in [3.63, 3.8) is 0 Å². The molecular weight excluding hydrogens is 334 g/mol. The van der Waals surface area contributed by atoms with Crippen LogP contribution in [-0.2, 0) is 4.79 Å². The molecule has 6 heteroatoms. The van der Waals surface area contributed by atoms with Gasteiger partial charge in [-0.15, -0.1) is 0 Å². The van der Waals surface area contributed by atoms with E-state index in [0.717, 1.165) is 15.7 Å². The highest BCUT2D eigenvalue weighted by Gasteiger charge is 2.26. The van der Waals surface area contributed by atoms with Gasteiger partial charge in [0.15, 0.2) is 0 Å². The lowest BCUT2D eigenvalue weighted by atomic mass is 9.96. The molecule has 1 saturated heterocycles. The largest absolute Gasteiger partial charge is 0.359 e. The van der Waals surface area contributed by atoms with Crippen LogP contribution in [0.3, 0.4) is 0 Å². The SMILES string of the molecule is CNC(=O)C1CCN(C(=O)Nc2ccc(Br)cc2C)CC1. The number of halogens is 1. The maximum absolute atomic E-state index is 12.3. The molecule has 0 aliphatic carbocycles. The van der Waals surface area contributed by atoms with Crippen LogP contribution in [0.2, 0.25) is 0 Å². The number of nitrogens with zero attached hydrogens (tertiary/aromatic N) is 1. The molecule has 1 aliphatic heterocycles. The van der Waals surface area contributed by atoms with E-state index >= 15 is 0 Å². The number of aryl methyl sites for hydroxylation is 1. The molecule has 1 aromatic carbocycles. The Morgan fingerprint density at radius 1 is 1.29 bits per heavy atom. The van der Waals surface area contributed by atoms with Gasteiger partial charge in [0, 0.05) is 36.2 Å². The average Bonchev–Trinajstić information content (AvgIpc) is 2.49. The Morgan fingerprint density at radius 3 is 2.52 bits per heavy atom. The number of hydrogen-bond acceptors (Lipinski definition) is 2. The highest BCUT2D eigenvalue weighted by molar-refractivity contribution is 9.10. The van der Waals surface area contributed by atoms with E-state index in [2.05, 4.69) is 26.6 Å². The van der Waals surface area contributed by atoms with Crippen LogP contribution < -0.4 is 10.6 Å². The van der Waals surface area contributed by atoms with Gasteiger partial charge in [-0.25, -0.2) is 4.79 Å². The topological polar surface area (TPSA) is 61.4 Å². The molecule has 0 bridgehead atoms. The summed E-state index contributed by atoms with van der Waals surface area (Å²) in [5.41, 5.74) is 1.83. The van der Waals surface area contributed by atoms with Crippen molar-refractivity contribution >= 4 is 33.6 Å². The molecule has 0 radical (unpaired) electrons. The van der Waals surface area contributed by atoms with E-state index in [1.165, 1.54) is 0 Å². The Balaban J connectivity index is 1.92. The van der Waals surface area contributed by atoms with Crippen LogP contribution in [0, 0.1) is 12.8 Å². The number of hydrogen-bond donors (Lipinski definition) is 2. The van der Waals surface area contributed by atoms with Crippen LogP contribution in [0.4, 0.5) is 10.5 Å². The Morgan fingerprint density at radius 2 is 1.95 bits per heavy atom. The van der Waals surface area contributed by atoms with Crippen LogP contribution in [-0.4, -0.2) is 37.0 Å². The van der Waals surface area contributed by atoms with E-state index in [1.807, 2.05) is 25.1 Å². The van der Waals surface area contributed by atoms with Crippen LogP contribution >= 0.6 is 15.9 Å². The highest BCUT2D eigenvalue weighted by Crippen LogP contribution is 2.22. The van der Waals surface area contributed by atoms with E-state index in [0.29, 0.717) is 25.9 Å². The van der Waals surface area contributed by atoms with Crippen LogP contribution in [0.15, 0.2) is 22.7 Å². The number of anilines is 1. The second-order valence-corrected chi connectivity index (χ2v) is 6.18. The molecule has 0 aromatic heterocycles.